The van der Waals surface area contributed by atoms with Crippen molar-refractivity contribution in [2.75, 3.05) is 0 Å². The van der Waals surface area contributed by atoms with Crippen LogP contribution >= 0.6 is 0 Å². The van der Waals surface area contributed by atoms with Crippen molar-refractivity contribution in [2.45, 2.75) is 20.8 Å². The lowest BCUT2D eigenvalue weighted by atomic mass is 9.97. The van der Waals surface area contributed by atoms with Gasteiger partial charge in [-0.1, -0.05) is 36.4 Å². The largest absolute Gasteiger partial charge is 0.455 e. The Morgan fingerprint density at radius 1 is 0.545 bits per heavy atom. The summed E-state index contributed by atoms with van der Waals surface area (Å²) in [5.41, 5.74) is 9.31. The molecule has 2 heterocycles. The highest BCUT2D eigenvalue weighted by molar-refractivity contribution is 6.11. The molecule has 0 N–H and O–H groups in total. The average molecular weight is 431 g/mol. The molecule has 0 aliphatic rings. The lowest BCUT2D eigenvalue weighted by molar-refractivity contribution is 0.584. The molecule has 4 aromatic carbocycles. The first-order valence-electron chi connectivity index (χ1n) is 11.0. The maximum atomic E-state index is 6.43. The number of nitrogens with zero attached hydrogens (tertiary/aromatic N) is 2. The van der Waals surface area contributed by atoms with Crippen molar-refractivity contribution in [3.8, 4) is 34.0 Å². The van der Waals surface area contributed by atoms with E-state index in [2.05, 4.69) is 67.4 Å². The van der Waals surface area contributed by atoms with Crippen LogP contribution in [0.3, 0.4) is 0 Å². The smallest absolute Gasteiger partial charge is 0.248 e. The number of hydrogen-bond donors (Lipinski definition) is 0. The van der Waals surface area contributed by atoms with Crippen molar-refractivity contribution in [2.24, 2.45) is 0 Å². The van der Waals surface area contributed by atoms with E-state index in [1.54, 1.807) is 0 Å². The van der Waals surface area contributed by atoms with Crippen LogP contribution in [0.4, 0.5) is 0 Å². The molecule has 0 unspecified atom stereocenters. The van der Waals surface area contributed by atoms with Gasteiger partial charge in [0.15, 0.2) is 0 Å². The number of benzene rings is 4. The van der Waals surface area contributed by atoms with E-state index in [4.69, 9.17) is 8.83 Å². The Balaban J connectivity index is 1.50. The van der Waals surface area contributed by atoms with Crippen LogP contribution in [0, 0.1) is 20.8 Å². The Bertz CT molecular complexity index is 1640. The Morgan fingerprint density at radius 2 is 1.18 bits per heavy atom. The SMILES string of the molecule is Cc1cc(C)c2oc3c(-c4cccc(-c5nnc(-c6ccccc6)o5)c4)cc(C)cc3c2c1. The van der Waals surface area contributed by atoms with Crippen molar-refractivity contribution in [1.82, 2.24) is 10.2 Å². The molecule has 0 amide bonds. The van der Waals surface area contributed by atoms with Gasteiger partial charge in [-0.05, 0) is 85.5 Å². The van der Waals surface area contributed by atoms with Crippen LogP contribution in [0.15, 0.2) is 87.7 Å². The molecule has 0 aliphatic heterocycles. The normalized spacial score (nSPS) is 11.5. The van der Waals surface area contributed by atoms with Gasteiger partial charge >= 0.3 is 0 Å². The van der Waals surface area contributed by atoms with Gasteiger partial charge in [-0.3, -0.25) is 0 Å². The van der Waals surface area contributed by atoms with Gasteiger partial charge in [0.2, 0.25) is 11.8 Å². The summed E-state index contributed by atoms with van der Waals surface area (Å²) in [5, 5.41) is 10.8. The fraction of sp³-hybridized carbons (Fsp3) is 0.103. The van der Waals surface area contributed by atoms with E-state index in [9.17, 15) is 0 Å². The Hall–Kier alpha value is -4.18. The highest BCUT2D eigenvalue weighted by Crippen LogP contribution is 2.39. The van der Waals surface area contributed by atoms with Crippen molar-refractivity contribution in [3.05, 3.63) is 95.6 Å². The fourth-order valence-corrected chi connectivity index (χ4v) is 4.55. The van der Waals surface area contributed by atoms with Gasteiger partial charge < -0.3 is 8.83 Å². The highest BCUT2D eigenvalue weighted by atomic mass is 16.4. The van der Waals surface area contributed by atoms with E-state index in [1.807, 2.05) is 42.5 Å². The lowest BCUT2D eigenvalue weighted by Gasteiger charge is -2.06. The van der Waals surface area contributed by atoms with Gasteiger partial charge in [-0.25, -0.2) is 0 Å². The fourth-order valence-electron chi connectivity index (χ4n) is 4.55. The molecule has 160 valence electrons. The summed E-state index contributed by atoms with van der Waals surface area (Å²) in [5.74, 6) is 1.01. The number of fused-ring (bicyclic) bond motifs is 3. The van der Waals surface area contributed by atoms with Crippen LogP contribution in [-0.2, 0) is 0 Å². The summed E-state index contributed by atoms with van der Waals surface area (Å²) in [6, 6.07) is 26.7. The minimum absolute atomic E-state index is 0.496. The Morgan fingerprint density at radius 3 is 1.97 bits per heavy atom. The molecule has 4 nitrogen and oxygen atoms in total. The molecule has 33 heavy (non-hydrogen) atoms. The van der Waals surface area contributed by atoms with E-state index < -0.39 is 0 Å². The topological polar surface area (TPSA) is 52.1 Å². The molecule has 0 fully saturated rings. The van der Waals surface area contributed by atoms with Gasteiger partial charge in [-0.2, -0.15) is 0 Å². The molecular formula is C29H22N2O2. The van der Waals surface area contributed by atoms with Crippen molar-refractivity contribution >= 4 is 21.9 Å². The molecule has 4 heteroatoms. The van der Waals surface area contributed by atoms with Crippen LogP contribution in [-0.4, -0.2) is 10.2 Å². The number of rotatable bonds is 3. The van der Waals surface area contributed by atoms with Crippen molar-refractivity contribution < 1.29 is 8.83 Å². The molecule has 0 atom stereocenters. The van der Waals surface area contributed by atoms with E-state index in [-0.39, 0.29) is 0 Å². The van der Waals surface area contributed by atoms with Crippen LogP contribution in [0.2, 0.25) is 0 Å². The predicted octanol–water partition coefficient (Wildman–Crippen LogP) is 7.90. The number of aryl methyl sites for hydroxylation is 3. The zero-order chi connectivity index (χ0) is 22.5. The van der Waals surface area contributed by atoms with Crippen LogP contribution in [0.5, 0.6) is 0 Å². The zero-order valence-corrected chi connectivity index (χ0v) is 18.7. The molecule has 0 aliphatic carbocycles. The molecule has 0 radical (unpaired) electrons. The number of hydrogen-bond acceptors (Lipinski definition) is 4. The highest BCUT2D eigenvalue weighted by Gasteiger charge is 2.17. The first kappa shape index (κ1) is 19.5. The van der Waals surface area contributed by atoms with E-state index >= 15 is 0 Å². The molecule has 2 aromatic heterocycles. The van der Waals surface area contributed by atoms with Gasteiger partial charge in [0, 0.05) is 27.5 Å². The van der Waals surface area contributed by atoms with Crippen molar-refractivity contribution in [3.63, 3.8) is 0 Å². The maximum Gasteiger partial charge on any atom is 0.248 e. The first-order valence-corrected chi connectivity index (χ1v) is 11.0. The van der Waals surface area contributed by atoms with Crippen LogP contribution < -0.4 is 0 Å². The summed E-state index contributed by atoms with van der Waals surface area (Å²) < 4.78 is 12.4. The standard InChI is InChI=1S/C29H22N2O2/c1-17-12-19(3)26-24(14-17)25-15-18(2)13-23(27(25)32-26)21-10-7-11-22(16-21)29-31-30-28(33-29)20-8-5-4-6-9-20/h4-16H,1-3H3. The first-order chi connectivity index (χ1) is 16.1. The second-order valence-corrected chi connectivity index (χ2v) is 8.61. The van der Waals surface area contributed by atoms with Crippen LogP contribution in [0.25, 0.3) is 56.0 Å². The zero-order valence-electron chi connectivity index (χ0n) is 18.7. The second-order valence-electron chi connectivity index (χ2n) is 8.61. The van der Waals surface area contributed by atoms with Crippen molar-refractivity contribution in [1.29, 1.82) is 0 Å². The van der Waals surface area contributed by atoms with E-state index in [0.717, 1.165) is 49.8 Å². The van der Waals surface area contributed by atoms with Gasteiger partial charge in [0.25, 0.3) is 0 Å². The summed E-state index contributed by atoms with van der Waals surface area (Å²) in [6.07, 6.45) is 0. The number of furan rings is 1. The molecule has 0 saturated heterocycles. The maximum absolute atomic E-state index is 6.43. The van der Waals surface area contributed by atoms with E-state index in [1.165, 1.54) is 11.1 Å². The monoisotopic (exact) mass is 430 g/mol. The quantitative estimate of drug-likeness (QED) is 0.286. The second kappa shape index (κ2) is 7.45. The molecule has 0 saturated carbocycles. The van der Waals surface area contributed by atoms with Crippen LogP contribution in [0.1, 0.15) is 16.7 Å². The van der Waals surface area contributed by atoms with Gasteiger partial charge in [0.1, 0.15) is 11.2 Å². The lowest BCUT2D eigenvalue weighted by Crippen LogP contribution is -1.84. The number of aromatic nitrogens is 2. The molecule has 0 spiro atoms. The molecule has 6 rings (SSSR count). The summed E-state index contributed by atoms with van der Waals surface area (Å²) in [7, 11) is 0. The average Bonchev–Trinajstić information content (AvgIpc) is 3.45. The third-order valence-corrected chi connectivity index (χ3v) is 6.01. The molecule has 0 bridgehead atoms. The van der Waals surface area contributed by atoms with Gasteiger partial charge in [-0.15, -0.1) is 10.2 Å². The third kappa shape index (κ3) is 3.31. The van der Waals surface area contributed by atoms with Gasteiger partial charge in [0.05, 0.1) is 0 Å². The Labute approximate surface area is 191 Å². The summed E-state index contributed by atoms with van der Waals surface area (Å²) >= 11 is 0. The molecule has 6 aromatic rings. The molecular weight excluding hydrogens is 408 g/mol. The third-order valence-electron chi connectivity index (χ3n) is 6.01. The summed E-state index contributed by atoms with van der Waals surface area (Å²) in [4.78, 5) is 0. The summed E-state index contributed by atoms with van der Waals surface area (Å²) in [6.45, 7) is 6.35. The minimum atomic E-state index is 0.496. The minimum Gasteiger partial charge on any atom is -0.455 e. The predicted molar refractivity (Wildman–Crippen MR) is 132 cm³/mol. The Kier molecular flexibility index (Phi) is 4.40. The van der Waals surface area contributed by atoms with E-state index in [0.29, 0.717) is 11.8 Å².